The topological polar surface area (TPSA) is 68.5 Å². The number of amides is 1. The number of alkyl halides is 3. The monoisotopic (exact) mass is 495 g/mol. The molecule has 1 unspecified atom stereocenters. The molecule has 4 rings (SSSR count). The summed E-state index contributed by atoms with van der Waals surface area (Å²) < 4.78 is 49.5. The van der Waals surface area contributed by atoms with Crippen molar-refractivity contribution in [2.75, 3.05) is 13.7 Å². The maximum Gasteiger partial charge on any atom is 0.416 e. The smallest absolute Gasteiger partial charge is 0.416 e. The molecule has 0 aliphatic heterocycles. The van der Waals surface area contributed by atoms with Gasteiger partial charge in [0.1, 0.15) is 5.75 Å². The molecule has 1 aromatic heterocycles. The number of nitrogens with zero attached hydrogens (tertiary/aromatic N) is 3. The van der Waals surface area contributed by atoms with E-state index in [1.807, 2.05) is 49.4 Å². The van der Waals surface area contributed by atoms with E-state index in [9.17, 15) is 18.0 Å². The van der Waals surface area contributed by atoms with Crippen LogP contribution in [0.15, 0.2) is 83.4 Å². The molecule has 0 aliphatic carbocycles. The Labute approximate surface area is 206 Å². The first-order chi connectivity index (χ1) is 17.3. The van der Waals surface area contributed by atoms with Crippen molar-refractivity contribution in [1.82, 2.24) is 15.0 Å². The fourth-order valence-corrected chi connectivity index (χ4v) is 3.78. The fourth-order valence-electron chi connectivity index (χ4n) is 3.78. The minimum Gasteiger partial charge on any atom is -0.497 e. The summed E-state index contributed by atoms with van der Waals surface area (Å²) in [7, 11) is 1.58. The molecule has 0 N–H and O–H groups in total. The zero-order valence-corrected chi connectivity index (χ0v) is 19.7. The molecule has 1 atom stereocenters. The molecule has 0 fully saturated rings. The highest BCUT2D eigenvalue weighted by molar-refractivity contribution is 5.94. The van der Waals surface area contributed by atoms with Crippen LogP contribution in [-0.4, -0.2) is 34.6 Å². The maximum absolute atomic E-state index is 13.4. The molecule has 0 spiro atoms. The first kappa shape index (κ1) is 25.0. The maximum atomic E-state index is 13.4. The van der Waals surface area contributed by atoms with Gasteiger partial charge in [-0.25, -0.2) is 0 Å². The first-order valence-electron chi connectivity index (χ1n) is 11.3. The molecule has 186 valence electrons. The van der Waals surface area contributed by atoms with Gasteiger partial charge in [-0.3, -0.25) is 4.79 Å². The van der Waals surface area contributed by atoms with Crippen molar-refractivity contribution in [1.29, 1.82) is 0 Å². The Kier molecular flexibility index (Phi) is 7.38. The minimum atomic E-state index is -4.47. The van der Waals surface area contributed by atoms with Gasteiger partial charge in [0.15, 0.2) is 0 Å². The molecule has 0 radical (unpaired) electrons. The second-order valence-electron chi connectivity index (χ2n) is 8.15. The van der Waals surface area contributed by atoms with Gasteiger partial charge in [0.05, 0.1) is 18.7 Å². The van der Waals surface area contributed by atoms with Crippen molar-refractivity contribution in [3.63, 3.8) is 0 Å². The van der Waals surface area contributed by atoms with E-state index < -0.39 is 17.6 Å². The Morgan fingerprint density at radius 2 is 1.67 bits per heavy atom. The molecule has 0 saturated heterocycles. The number of rotatable bonds is 8. The third kappa shape index (κ3) is 5.73. The van der Waals surface area contributed by atoms with Gasteiger partial charge in [0.2, 0.25) is 11.7 Å². The third-order valence-electron chi connectivity index (χ3n) is 5.85. The molecular formula is C27H24F3N3O3. The average Bonchev–Trinajstić information content (AvgIpc) is 3.37. The molecule has 0 aliphatic rings. The summed E-state index contributed by atoms with van der Waals surface area (Å²) in [6, 6.07) is 20.5. The summed E-state index contributed by atoms with van der Waals surface area (Å²) in [6.45, 7) is 2.09. The van der Waals surface area contributed by atoms with E-state index in [1.165, 1.54) is 12.1 Å². The number of benzene rings is 3. The third-order valence-corrected chi connectivity index (χ3v) is 5.85. The average molecular weight is 496 g/mol. The van der Waals surface area contributed by atoms with E-state index in [2.05, 4.69) is 10.1 Å². The van der Waals surface area contributed by atoms with Gasteiger partial charge < -0.3 is 14.2 Å². The van der Waals surface area contributed by atoms with Crippen LogP contribution in [0, 0.1) is 0 Å². The minimum absolute atomic E-state index is 0.162. The highest BCUT2D eigenvalue weighted by Gasteiger charge is 2.31. The van der Waals surface area contributed by atoms with Crippen LogP contribution in [-0.2, 0) is 12.6 Å². The van der Waals surface area contributed by atoms with Gasteiger partial charge in [-0.05, 0) is 61.0 Å². The van der Waals surface area contributed by atoms with E-state index in [0.29, 0.717) is 17.5 Å². The lowest BCUT2D eigenvalue weighted by atomic mass is 10.0. The van der Waals surface area contributed by atoms with Crippen molar-refractivity contribution >= 4 is 5.91 Å². The summed E-state index contributed by atoms with van der Waals surface area (Å²) >= 11 is 0. The Morgan fingerprint density at radius 1 is 1.00 bits per heavy atom. The van der Waals surface area contributed by atoms with Crippen molar-refractivity contribution in [3.8, 4) is 17.1 Å². The van der Waals surface area contributed by atoms with E-state index in [1.54, 1.807) is 24.1 Å². The van der Waals surface area contributed by atoms with Crippen LogP contribution in [0.5, 0.6) is 5.75 Å². The van der Waals surface area contributed by atoms with Crippen LogP contribution in [0.3, 0.4) is 0 Å². The van der Waals surface area contributed by atoms with Gasteiger partial charge in [-0.2, -0.15) is 18.2 Å². The van der Waals surface area contributed by atoms with E-state index in [0.717, 1.165) is 23.3 Å². The van der Waals surface area contributed by atoms with Crippen LogP contribution in [0.1, 0.15) is 40.3 Å². The van der Waals surface area contributed by atoms with Crippen LogP contribution in [0.4, 0.5) is 13.2 Å². The molecule has 3 aromatic carbocycles. The Balaban J connectivity index is 1.54. The van der Waals surface area contributed by atoms with Crippen LogP contribution in [0.2, 0.25) is 0 Å². The molecule has 0 bridgehead atoms. The summed E-state index contributed by atoms with van der Waals surface area (Å²) in [6.07, 6.45) is -4.20. The van der Waals surface area contributed by atoms with Crippen molar-refractivity contribution in [3.05, 3.63) is 101 Å². The molecule has 6 nitrogen and oxygen atoms in total. The fraction of sp³-hybridized carbons (Fsp3) is 0.222. The number of hydrogen-bond donors (Lipinski definition) is 0. The number of ether oxygens (including phenoxy) is 1. The quantitative estimate of drug-likeness (QED) is 0.291. The molecule has 9 heteroatoms. The van der Waals surface area contributed by atoms with E-state index >= 15 is 0 Å². The number of hydrogen-bond acceptors (Lipinski definition) is 5. The van der Waals surface area contributed by atoms with Gasteiger partial charge in [0.25, 0.3) is 5.91 Å². The summed E-state index contributed by atoms with van der Waals surface area (Å²) in [5.74, 6) is 1.06. The van der Waals surface area contributed by atoms with Gasteiger partial charge in [-0.1, -0.05) is 35.5 Å². The highest BCUT2D eigenvalue weighted by Crippen LogP contribution is 2.30. The predicted molar refractivity (Wildman–Crippen MR) is 127 cm³/mol. The molecular weight excluding hydrogens is 471 g/mol. The SMILES string of the molecule is COc1ccc(-c2noc(CCN(C(=O)c3ccc(C(F)(F)F)cc3)C(C)c3ccccc3)n2)cc1. The molecule has 0 saturated carbocycles. The molecule has 4 aromatic rings. The predicted octanol–water partition coefficient (Wildman–Crippen LogP) is 6.21. The van der Waals surface area contributed by atoms with Crippen molar-refractivity contribution in [2.45, 2.75) is 25.6 Å². The lowest BCUT2D eigenvalue weighted by Crippen LogP contribution is -2.35. The van der Waals surface area contributed by atoms with Gasteiger partial charge >= 0.3 is 6.18 Å². The number of aromatic nitrogens is 2. The Bertz CT molecular complexity index is 1290. The number of carbonyl (C=O) groups excluding carboxylic acids is 1. The summed E-state index contributed by atoms with van der Waals surface area (Å²) in [5, 5.41) is 4.02. The lowest BCUT2D eigenvalue weighted by molar-refractivity contribution is -0.137. The first-order valence-corrected chi connectivity index (χ1v) is 11.3. The van der Waals surface area contributed by atoms with Crippen molar-refractivity contribution in [2.24, 2.45) is 0 Å². The zero-order chi connectivity index (χ0) is 25.7. The normalized spacial score (nSPS) is 12.2. The standard InChI is InChI=1S/C27H24F3N3O3/c1-18(19-6-4-3-5-7-19)33(26(34)21-8-12-22(13-9-21)27(28,29)30)17-16-24-31-25(32-36-24)20-10-14-23(35-2)15-11-20/h3-15,18H,16-17H2,1-2H3. The summed E-state index contributed by atoms with van der Waals surface area (Å²) in [4.78, 5) is 19.4. The highest BCUT2D eigenvalue weighted by atomic mass is 19.4. The van der Waals surface area contributed by atoms with Crippen LogP contribution in [0.25, 0.3) is 11.4 Å². The number of carbonyl (C=O) groups is 1. The lowest BCUT2D eigenvalue weighted by Gasteiger charge is -2.29. The van der Waals surface area contributed by atoms with Gasteiger partial charge in [0, 0.05) is 24.1 Å². The summed E-state index contributed by atoms with van der Waals surface area (Å²) in [5.41, 5.74) is 0.997. The largest absolute Gasteiger partial charge is 0.497 e. The van der Waals surface area contributed by atoms with Crippen LogP contribution < -0.4 is 4.74 Å². The van der Waals surface area contributed by atoms with Crippen LogP contribution >= 0.6 is 0 Å². The number of halogens is 3. The zero-order valence-electron chi connectivity index (χ0n) is 19.7. The number of methoxy groups -OCH3 is 1. The Hall–Kier alpha value is -4.14. The molecule has 1 amide bonds. The molecule has 36 heavy (non-hydrogen) atoms. The Morgan fingerprint density at radius 3 is 2.28 bits per heavy atom. The second-order valence-corrected chi connectivity index (χ2v) is 8.15. The van der Waals surface area contributed by atoms with E-state index in [-0.39, 0.29) is 24.6 Å². The van der Waals surface area contributed by atoms with E-state index in [4.69, 9.17) is 9.26 Å². The van der Waals surface area contributed by atoms with Gasteiger partial charge in [-0.15, -0.1) is 0 Å². The molecule has 1 heterocycles. The second kappa shape index (κ2) is 10.6. The van der Waals surface area contributed by atoms with Crippen molar-refractivity contribution < 1.29 is 27.2 Å².